The molecule has 7 nitrogen and oxygen atoms in total. The number of methoxy groups -OCH3 is 1. The highest BCUT2D eigenvalue weighted by molar-refractivity contribution is 5.80. The van der Waals surface area contributed by atoms with Gasteiger partial charge in [-0.05, 0) is 44.4 Å². The maximum atomic E-state index is 12.8. The van der Waals surface area contributed by atoms with Crippen molar-refractivity contribution < 1.29 is 37.3 Å². The van der Waals surface area contributed by atoms with Gasteiger partial charge in [0.05, 0.1) is 13.0 Å². The highest BCUT2D eigenvalue weighted by atomic mass is 19.4. The number of carboxylic acid groups (broad SMARTS) is 1. The van der Waals surface area contributed by atoms with E-state index >= 15 is 0 Å². The first kappa shape index (κ1) is 25.9. The van der Waals surface area contributed by atoms with Gasteiger partial charge in [-0.2, -0.15) is 13.2 Å². The molecule has 0 radical (unpaired) electrons. The third-order valence-electron chi connectivity index (χ3n) is 5.76. The molecule has 0 bridgehead atoms. The Labute approximate surface area is 185 Å². The Hall–Kier alpha value is -2.33. The third kappa shape index (κ3) is 7.09. The van der Waals surface area contributed by atoms with E-state index in [-0.39, 0.29) is 23.3 Å². The molecule has 1 atom stereocenters. The van der Waals surface area contributed by atoms with E-state index in [0.29, 0.717) is 0 Å². The first-order valence-corrected chi connectivity index (χ1v) is 10.5. The van der Waals surface area contributed by atoms with Crippen LogP contribution in [-0.2, 0) is 20.9 Å². The molecule has 1 aromatic rings. The van der Waals surface area contributed by atoms with Crippen LogP contribution in [0.3, 0.4) is 0 Å². The molecule has 2 aliphatic heterocycles. The number of hydrogen-bond acceptors (Lipinski definition) is 5. The molecular weight excluding hydrogens is 429 g/mol. The molecular formula is C22H31F3N2O5. The van der Waals surface area contributed by atoms with E-state index in [2.05, 4.69) is 22.3 Å². The molecule has 1 amide bonds. The van der Waals surface area contributed by atoms with E-state index in [1.54, 1.807) is 7.11 Å². The number of benzene rings is 1. The first-order chi connectivity index (χ1) is 15.0. The van der Waals surface area contributed by atoms with Crippen LogP contribution in [0.15, 0.2) is 24.3 Å². The molecule has 2 saturated heterocycles. The Balaban J connectivity index is 0.000000451. The predicted octanol–water partition coefficient (Wildman–Crippen LogP) is 3.08. The lowest BCUT2D eigenvalue weighted by molar-refractivity contribution is -0.192. The summed E-state index contributed by atoms with van der Waals surface area (Å²) in [5, 5.41) is 10.3. The average molecular weight is 460 g/mol. The van der Waals surface area contributed by atoms with Gasteiger partial charge in [0.25, 0.3) is 0 Å². The normalized spacial score (nSPS) is 20.5. The number of carboxylic acids is 1. The number of carbonyl (C=O) groups is 2. The van der Waals surface area contributed by atoms with E-state index in [4.69, 9.17) is 19.4 Å². The molecule has 1 unspecified atom stereocenters. The van der Waals surface area contributed by atoms with Crippen molar-refractivity contribution in [3.8, 4) is 5.75 Å². The van der Waals surface area contributed by atoms with E-state index < -0.39 is 12.1 Å². The number of rotatable bonds is 5. The van der Waals surface area contributed by atoms with E-state index in [1.165, 1.54) is 5.56 Å². The van der Waals surface area contributed by atoms with Crippen LogP contribution in [-0.4, -0.2) is 67.5 Å². The zero-order valence-electron chi connectivity index (χ0n) is 18.6. The van der Waals surface area contributed by atoms with Gasteiger partial charge in [0.2, 0.25) is 5.91 Å². The van der Waals surface area contributed by atoms with Crippen molar-refractivity contribution in [2.75, 3.05) is 33.4 Å². The average Bonchev–Trinajstić information content (AvgIpc) is 3.05. The van der Waals surface area contributed by atoms with Crippen LogP contribution in [0.5, 0.6) is 5.75 Å². The molecule has 0 aromatic heterocycles. The van der Waals surface area contributed by atoms with Gasteiger partial charge in [0.15, 0.2) is 0 Å². The molecule has 1 spiro atoms. The molecule has 0 aliphatic carbocycles. The summed E-state index contributed by atoms with van der Waals surface area (Å²) in [5.41, 5.74) is 1.32. The Morgan fingerprint density at radius 2 is 1.81 bits per heavy atom. The SMILES string of the molecule is COc1ccc(CN2CC(C(=O)NC(C)C)C3(CCOCC3)C2)cc1.O=C(O)C(F)(F)F. The van der Waals surface area contributed by atoms with Crippen LogP contribution >= 0.6 is 0 Å². The van der Waals surface area contributed by atoms with Crippen LogP contribution < -0.4 is 10.1 Å². The van der Waals surface area contributed by atoms with Crippen LogP contribution in [0, 0.1) is 11.3 Å². The fourth-order valence-corrected chi connectivity index (χ4v) is 4.21. The van der Waals surface area contributed by atoms with Gasteiger partial charge < -0.3 is 19.9 Å². The fraction of sp³-hybridized carbons (Fsp3) is 0.636. The highest BCUT2D eigenvalue weighted by Gasteiger charge is 2.50. The molecule has 32 heavy (non-hydrogen) atoms. The van der Waals surface area contributed by atoms with Crippen molar-refractivity contribution in [1.82, 2.24) is 10.2 Å². The molecule has 3 rings (SSSR count). The minimum Gasteiger partial charge on any atom is -0.497 e. The zero-order valence-corrected chi connectivity index (χ0v) is 18.6. The van der Waals surface area contributed by atoms with Gasteiger partial charge >= 0.3 is 12.1 Å². The second-order valence-electron chi connectivity index (χ2n) is 8.51. The smallest absolute Gasteiger partial charge is 0.490 e. The lowest BCUT2D eigenvalue weighted by Crippen LogP contribution is -2.46. The van der Waals surface area contributed by atoms with Crippen LogP contribution in [0.1, 0.15) is 32.3 Å². The molecule has 10 heteroatoms. The van der Waals surface area contributed by atoms with E-state index in [0.717, 1.165) is 51.4 Å². The van der Waals surface area contributed by atoms with Crippen molar-refractivity contribution in [3.63, 3.8) is 0 Å². The van der Waals surface area contributed by atoms with Crippen molar-refractivity contribution >= 4 is 11.9 Å². The van der Waals surface area contributed by atoms with Crippen molar-refractivity contribution in [2.45, 2.75) is 45.5 Å². The number of aliphatic carboxylic acids is 1. The van der Waals surface area contributed by atoms with Crippen molar-refractivity contribution in [2.24, 2.45) is 11.3 Å². The van der Waals surface area contributed by atoms with E-state index in [9.17, 15) is 18.0 Å². The number of halogens is 3. The lowest BCUT2D eigenvalue weighted by atomic mass is 9.71. The van der Waals surface area contributed by atoms with Crippen LogP contribution in [0.2, 0.25) is 0 Å². The monoisotopic (exact) mass is 460 g/mol. The quantitative estimate of drug-likeness (QED) is 0.702. The van der Waals surface area contributed by atoms with Crippen molar-refractivity contribution in [3.05, 3.63) is 29.8 Å². The minimum atomic E-state index is -5.08. The summed E-state index contributed by atoms with van der Waals surface area (Å²) in [6.07, 6.45) is -3.13. The summed E-state index contributed by atoms with van der Waals surface area (Å²) in [5.74, 6) is -1.63. The van der Waals surface area contributed by atoms with Gasteiger partial charge in [0.1, 0.15) is 5.75 Å². The zero-order chi connectivity index (χ0) is 23.9. The second kappa shape index (κ2) is 11.0. The molecule has 0 saturated carbocycles. The molecule has 2 aliphatic rings. The maximum Gasteiger partial charge on any atom is 0.490 e. The van der Waals surface area contributed by atoms with Gasteiger partial charge in [-0.1, -0.05) is 12.1 Å². The van der Waals surface area contributed by atoms with Gasteiger partial charge in [-0.25, -0.2) is 4.79 Å². The van der Waals surface area contributed by atoms with Crippen LogP contribution in [0.4, 0.5) is 13.2 Å². The minimum absolute atomic E-state index is 0.0528. The van der Waals surface area contributed by atoms with Gasteiger partial charge in [-0.3, -0.25) is 9.69 Å². The summed E-state index contributed by atoms with van der Waals surface area (Å²) < 4.78 is 42.6. The number of likely N-dealkylation sites (tertiary alicyclic amines) is 1. The predicted molar refractivity (Wildman–Crippen MR) is 111 cm³/mol. The fourth-order valence-electron chi connectivity index (χ4n) is 4.21. The maximum absolute atomic E-state index is 12.8. The lowest BCUT2D eigenvalue weighted by Gasteiger charge is -2.37. The largest absolute Gasteiger partial charge is 0.497 e. The Kier molecular flexibility index (Phi) is 8.91. The van der Waals surface area contributed by atoms with Crippen LogP contribution in [0.25, 0.3) is 0 Å². The summed E-state index contributed by atoms with van der Waals surface area (Å²) in [7, 11) is 1.68. The topological polar surface area (TPSA) is 88.1 Å². The summed E-state index contributed by atoms with van der Waals surface area (Å²) in [6.45, 7) is 8.25. The van der Waals surface area contributed by atoms with Gasteiger partial charge in [0, 0.05) is 44.3 Å². The summed E-state index contributed by atoms with van der Waals surface area (Å²) in [6, 6.07) is 8.39. The number of alkyl halides is 3. The Morgan fingerprint density at radius 3 is 2.28 bits per heavy atom. The van der Waals surface area contributed by atoms with E-state index in [1.807, 2.05) is 26.0 Å². The standard InChI is InChI=1S/C20H30N2O3.C2HF3O2/c1-15(2)21-19(23)18-13-22(14-20(18)8-10-25-11-9-20)12-16-4-6-17(24-3)7-5-16;3-2(4,5)1(6)7/h4-7,15,18H,8-14H2,1-3H3,(H,21,23);(H,6,7). The number of amides is 1. The number of nitrogens with zero attached hydrogens (tertiary/aromatic N) is 1. The summed E-state index contributed by atoms with van der Waals surface area (Å²) >= 11 is 0. The van der Waals surface area contributed by atoms with Crippen molar-refractivity contribution in [1.29, 1.82) is 0 Å². The molecule has 180 valence electrons. The molecule has 2 N–H and O–H groups in total. The highest BCUT2D eigenvalue weighted by Crippen LogP contribution is 2.44. The number of carbonyl (C=O) groups excluding carboxylic acids is 1. The Bertz CT molecular complexity index is 762. The summed E-state index contributed by atoms with van der Waals surface area (Å²) in [4.78, 5) is 24.1. The molecule has 1 aromatic carbocycles. The number of hydrogen-bond donors (Lipinski definition) is 2. The molecule has 2 heterocycles. The number of nitrogens with one attached hydrogen (secondary N) is 1. The number of ether oxygens (including phenoxy) is 2. The first-order valence-electron chi connectivity index (χ1n) is 10.5. The second-order valence-corrected chi connectivity index (χ2v) is 8.51. The molecule has 2 fully saturated rings. The Morgan fingerprint density at radius 1 is 1.25 bits per heavy atom. The third-order valence-corrected chi connectivity index (χ3v) is 5.76. The van der Waals surface area contributed by atoms with Gasteiger partial charge in [-0.15, -0.1) is 0 Å².